The molecule has 0 radical (unpaired) electrons. The number of sulfonamides is 1. The lowest BCUT2D eigenvalue weighted by atomic mass is 10.1. The maximum absolute atomic E-state index is 13.1. The lowest BCUT2D eigenvalue weighted by Crippen LogP contribution is -2.45. The monoisotopic (exact) mass is 516 g/mol. The summed E-state index contributed by atoms with van der Waals surface area (Å²) in [7, 11) is -2.75. The Kier molecular flexibility index (Phi) is 7.79. The van der Waals surface area contributed by atoms with Crippen molar-refractivity contribution in [2.24, 2.45) is 0 Å². The number of halogens is 1. The van der Waals surface area contributed by atoms with Gasteiger partial charge in [-0.3, -0.25) is 4.79 Å². The molecule has 0 heterocycles. The lowest BCUT2D eigenvalue weighted by molar-refractivity contribution is -0.117. The minimum absolute atomic E-state index is 0.0292. The topological polar surface area (TPSA) is 102 Å². The molecule has 0 aliphatic rings. The molecule has 1 amide bonds. The van der Waals surface area contributed by atoms with Crippen molar-refractivity contribution in [3.8, 4) is 0 Å². The molecule has 1 atom stereocenters. The van der Waals surface area contributed by atoms with Gasteiger partial charge in [0.2, 0.25) is 15.9 Å². The van der Waals surface area contributed by atoms with Crippen molar-refractivity contribution in [3.05, 3.63) is 94.5 Å². The molecule has 0 bridgehead atoms. The van der Waals surface area contributed by atoms with Crippen LogP contribution in [-0.4, -0.2) is 33.4 Å². The first-order valence-electron chi connectivity index (χ1n) is 9.60. The largest absolute Gasteiger partial charge is 0.465 e. The minimum atomic E-state index is -3.99. The van der Waals surface area contributed by atoms with Crippen molar-refractivity contribution >= 4 is 43.5 Å². The maximum Gasteiger partial charge on any atom is 0.339 e. The van der Waals surface area contributed by atoms with Gasteiger partial charge in [-0.2, -0.15) is 4.72 Å². The third-order valence-corrected chi connectivity index (χ3v) is 6.63. The van der Waals surface area contributed by atoms with Crippen molar-refractivity contribution in [2.75, 3.05) is 12.4 Å². The van der Waals surface area contributed by atoms with Gasteiger partial charge in [-0.05, 0) is 48.4 Å². The maximum atomic E-state index is 13.1. The molecule has 0 fully saturated rings. The van der Waals surface area contributed by atoms with Gasteiger partial charge in [0.15, 0.2) is 0 Å². The third kappa shape index (κ3) is 6.03. The summed E-state index contributed by atoms with van der Waals surface area (Å²) in [6.45, 7) is 0. The highest BCUT2D eigenvalue weighted by molar-refractivity contribution is 9.10. The molecule has 3 aromatic carbocycles. The molecule has 32 heavy (non-hydrogen) atoms. The van der Waals surface area contributed by atoms with Crippen LogP contribution in [0.4, 0.5) is 5.69 Å². The van der Waals surface area contributed by atoms with E-state index < -0.39 is 27.9 Å². The van der Waals surface area contributed by atoms with Crippen molar-refractivity contribution in [2.45, 2.75) is 17.4 Å². The van der Waals surface area contributed by atoms with Crippen LogP contribution in [-0.2, 0) is 26.0 Å². The molecule has 166 valence electrons. The molecule has 0 aliphatic heterocycles. The van der Waals surface area contributed by atoms with Gasteiger partial charge >= 0.3 is 5.97 Å². The van der Waals surface area contributed by atoms with Crippen molar-refractivity contribution in [3.63, 3.8) is 0 Å². The number of hydrogen-bond acceptors (Lipinski definition) is 5. The average Bonchev–Trinajstić information content (AvgIpc) is 2.79. The summed E-state index contributed by atoms with van der Waals surface area (Å²) in [6, 6.07) is 20.4. The van der Waals surface area contributed by atoms with Crippen molar-refractivity contribution in [1.82, 2.24) is 4.72 Å². The number of methoxy groups -OCH3 is 1. The number of carbonyl (C=O) groups is 2. The Balaban J connectivity index is 1.90. The van der Waals surface area contributed by atoms with E-state index in [1.165, 1.54) is 25.3 Å². The zero-order chi connectivity index (χ0) is 23.1. The van der Waals surface area contributed by atoms with E-state index >= 15 is 0 Å². The fourth-order valence-corrected chi connectivity index (χ4v) is 4.47. The number of hydrogen-bond donors (Lipinski definition) is 2. The van der Waals surface area contributed by atoms with Crippen LogP contribution in [0.5, 0.6) is 0 Å². The SMILES string of the molecule is COC(=O)c1ccccc1NC(=O)[C@@H](Cc1ccccc1)NS(=O)(=O)c1ccc(Br)cc1. The molecule has 3 aromatic rings. The Hall–Kier alpha value is -3.01. The smallest absolute Gasteiger partial charge is 0.339 e. The van der Waals surface area contributed by atoms with Gasteiger partial charge in [-0.15, -0.1) is 0 Å². The van der Waals surface area contributed by atoms with E-state index in [1.54, 1.807) is 54.6 Å². The number of esters is 1. The summed E-state index contributed by atoms with van der Waals surface area (Å²) >= 11 is 3.27. The molecule has 2 N–H and O–H groups in total. The molecule has 9 heteroatoms. The third-order valence-electron chi connectivity index (χ3n) is 4.61. The summed E-state index contributed by atoms with van der Waals surface area (Å²) in [5.41, 5.74) is 1.16. The Bertz CT molecular complexity index is 1200. The van der Waals surface area contributed by atoms with Crippen LogP contribution in [0.1, 0.15) is 15.9 Å². The zero-order valence-corrected chi connectivity index (χ0v) is 19.5. The molecule has 0 saturated carbocycles. The summed E-state index contributed by atoms with van der Waals surface area (Å²) in [4.78, 5) is 25.2. The lowest BCUT2D eigenvalue weighted by Gasteiger charge is -2.19. The van der Waals surface area contributed by atoms with Crippen LogP contribution < -0.4 is 10.0 Å². The number of ether oxygens (including phenoxy) is 1. The second-order valence-electron chi connectivity index (χ2n) is 6.84. The highest BCUT2D eigenvalue weighted by atomic mass is 79.9. The number of amides is 1. The Morgan fingerprint density at radius 1 is 0.938 bits per heavy atom. The molecule has 0 saturated heterocycles. The fraction of sp³-hybridized carbons (Fsp3) is 0.130. The van der Waals surface area contributed by atoms with Crippen LogP contribution in [0.25, 0.3) is 0 Å². The van der Waals surface area contributed by atoms with E-state index in [0.29, 0.717) is 0 Å². The minimum Gasteiger partial charge on any atom is -0.465 e. The highest BCUT2D eigenvalue weighted by Gasteiger charge is 2.27. The molecule has 0 aromatic heterocycles. The standard InChI is InChI=1S/C23H21BrN2O5S/c1-31-23(28)19-9-5-6-10-20(19)25-22(27)21(15-16-7-3-2-4-8-16)26-32(29,30)18-13-11-17(24)12-14-18/h2-14,21,26H,15H2,1H3,(H,25,27)/t21-/m1/s1. The molecule has 0 aliphatic carbocycles. The average molecular weight is 517 g/mol. The normalized spacial score (nSPS) is 12.1. The predicted molar refractivity (Wildman–Crippen MR) is 125 cm³/mol. The molecule has 7 nitrogen and oxygen atoms in total. The first kappa shape index (κ1) is 23.6. The van der Waals surface area contributed by atoms with Gasteiger partial charge in [-0.1, -0.05) is 58.4 Å². The van der Waals surface area contributed by atoms with Gasteiger partial charge < -0.3 is 10.1 Å². The van der Waals surface area contributed by atoms with Crippen LogP contribution in [0.15, 0.2) is 88.2 Å². The Morgan fingerprint density at radius 2 is 1.56 bits per heavy atom. The zero-order valence-electron chi connectivity index (χ0n) is 17.1. The second-order valence-corrected chi connectivity index (χ2v) is 9.47. The van der Waals surface area contributed by atoms with E-state index in [-0.39, 0.29) is 22.6 Å². The van der Waals surface area contributed by atoms with Gasteiger partial charge in [0, 0.05) is 4.47 Å². The highest BCUT2D eigenvalue weighted by Crippen LogP contribution is 2.19. The number of carbonyl (C=O) groups excluding carboxylic acids is 2. The molecular weight excluding hydrogens is 496 g/mol. The van der Waals surface area contributed by atoms with Crippen LogP contribution in [0, 0.1) is 0 Å². The molecule has 3 rings (SSSR count). The van der Waals surface area contributed by atoms with Crippen molar-refractivity contribution < 1.29 is 22.7 Å². The molecular formula is C23H21BrN2O5S. The van der Waals surface area contributed by atoms with E-state index in [1.807, 2.05) is 6.07 Å². The first-order valence-corrected chi connectivity index (χ1v) is 11.9. The van der Waals surface area contributed by atoms with Gasteiger partial charge in [0.05, 0.1) is 23.3 Å². The molecule has 0 unspecified atom stereocenters. The number of nitrogens with one attached hydrogen (secondary N) is 2. The fourth-order valence-electron chi connectivity index (χ4n) is 3.01. The summed E-state index contributed by atoms with van der Waals surface area (Å²) in [6.07, 6.45) is 0.114. The molecule has 0 spiro atoms. The number of para-hydroxylation sites is 1. The van der Waals surface area contributed by atoms with Gasteiger partial charge in [0.1, 0.15) is 6.04 Å². The van der Waals surface area contributed by atoms with E-state index in [9.17, 15) is 18.0 Å². The number of rotatable bonds is 8. The first-order chi connectivity index (χ1) is 15.3. The Morgan fingerprint density at radius 3 is 2.22 bits per heavy atom. The van der Waals surface area contributed by atoms with Gasteiger partial charge in [0.25, 0.3) is 0 Å². The summed E-state index contributed by atoms with van der Waals surface area (Å²) < 4.78 is 33.9. The predicted octanol–water partition coefficient (Wildman–Crippen LogP) is 3.76. The number of anilines is 1. The van der Waals surface area contributed by atoms with Crippen LogP contribution in [0.2, 0.25) is 0 Å². The van der Waals surface area contributed by atoms with Crippen LogP contribution in [0.3, 0.4) is 0 Å². The summed E-state index contributed by atoms with van der Waals surface area (Å²) in [5.74, 6) is -1.22. The van der Waals surface area contributed by atoms with E-state index in [2.05, 4.69) is 26.0 Å². The number of benzene rings is 3. The van der Waals surface area contributed by atoms with E-state index in [4.69, 9.17) is 4.74 Å². The van der Waals surface area contributed by atoms with E-state index in [0.717, 1.165) is 10.0 Å². The Labute approximate surface area is 195 Å². The summed E-state index contributed by atoms with van der Waals surface area (Å²) in [5, 5.41) is 2.66. The van der Waals surface area contributed by atoms with Crippen molar-refractivity contribution in [1.29, 1.82) is 0 Å². The quantitative estimate of drug-likeness (QED) is 0.443. The van der Waals surface area contributed by atoms with Gasteiger partial charge in [-0.25, -0.2) is 13.2 Å². The van der Waals surface area contributed by atoms with Crippen LogP contribution >= 0.6 is 15.9 Å². The second kappa shape index (κ2) is 10.5.